The van der Waals surface area contributed by atoms with Gasteiger partial charge in [0.15, 0.2) is 12.9 Å². The lowest BCUT2D eigenvalue weighted by Crippen LogP contribution is -2.21. The minimum absolute atomic E-state index is 0.226. The third-order valence-corrected chi connectivity index (χ3v) is 4.80. The maximum absolute atomic E-state index is 12.3. The molecule has 134 valence electrons. The van der Waals surface area contributed by atoms with E-state index in [-0.39, 0.29) is 12.5 Å². The molecule has 0 aromatic heterocycles. The maximum atomic E-state index is 12.3. The number of nitrogens with one attached hydrogen (secondary N) is 1. The van der Waals surface area contributed by atoms with Gasteiger partial charge in [-0.25, -0.2) is 0 Å². The average molecular weight is 376 g/mol. The maximum Gasteiger partial charge on any atom is 0.262 e. The van der Waals surface area contributed by atoms with Crippen LogP contribution in [0, 0.1) is 11.3 Å². The smallest absolute Gasteiger partial charge is 0.262 e. The Labute approximate surface area is 160 Å². The number of aldehydes is 1. The van der Waals surface area contributed by atoms with E-state index < -0.39 is 0 Å². The summed E-state index contributed by atoms with van der Waals surface area (Å²) in [5.74, 6) is 0.319. The zero-order chi connectivity index (χ0) is 19.1. The number of ether oxygens (including phenoxy) is 1. The lowest BCUT2D eigenvalue weighted by atomic mass is 10.0. The number of carbonyl (C=O) groups excluding carboxylic acids is 2. The van der Waals surface area contributed by atoms with Crippen LogP contribution < -0.4 is 10.1 Å². The van der Waals surface area contributed by atoms with Crippen molar-refractivity contribution >= 4 is 40.4 Å². The van der Waals surface area contributed by atoms with E-state index in [1.165, 1.54) is 11.8 Å². The normalized spacial score (nSPS) is 10.2. The van der Waals surface area contributed by atoms with E-state index >= 15 is 0 Å². The molecule has 0 spiro atoms. The average Bonchev–Trinajstić information content (AvgIpc) is 2.71. The van der Waals surface area contributed by atoms with Crippen molar-refractivity contribution in [2.45, 2.75) is 4.90 Å². The van der Waals surface area contributed by atoms with Crippen molar-refractivity contribution in [3.05, 3.63) is 66.2 Å². The molecule has 6 heteroatoms. The number of benzene rings is 3. The number of thioether (sulfide) groups is 1. The number of nitriles is 1. The third-order valence-electron chi connectivity index (χ3n) is 3.86. The standard InChI is InChI=1S/C21H16N2O3S/c22-11-12-27-20-8-4-3-7-18(20)23-21(25)14-26-19-10-9-15-5-1-2-6-16(15)17(19)13-24/h1-10,13H,12,14H2,(H,23,25). The Balaban J connectivity index is 1.71. The summed E-state index contributed by atoms with van der Waals surface area (Å²) in [5, 5.41) is 13.2. The van der Waals surface area contributed by atoms with Gasteiger partial charge in [-0.05, 0) is 29.0 Å². The summed E-state index contributed by atoms with van der Waals surface area (Å²) in [4.78, 5) is 24.6. The van der Waals surface area contributed by atoms with Crippen molar-refractivity contribution in [1.29, 1.82) is 5.26 Å². The van der Waals surface area contributed by atoms with Gasteiger partial charge in [0.2, 0.25) is 0 Å². The molecule has 0 atom stereocenters. The van der Waals surface area contributed by atoms with Gasteiger partial charge < -0.3 is 10.1 Å². The van der Waals surface area contributed by atoms with Crippen LogP contribution in [0.1, 0.15) is 10.4 Å². The summed E-state index contributed by atoms with van der Waals surface area (Å²) in [7, 11) is 0. The quantitative estimate of drug-likeness (QED) is 0.492. The Morgan fingerprint density at radius 1 is 1.11 bits per heavy atom. The minimum Gasteiger partial charge on any atom is -0.483 e. The van der Waals surface area contributed by atoms with Crippen molar-refractivity contribution in [3.8, 4) is 11.8 Å². The Morgan fingerprint density at radius 2 is 1.89 bits per heavy atom. The molecule has 0 aliphatic carbocycles. The van der Waals surface area contributed by atoms with Crippen molar-refractivity contribution in [2.24, 2.45) is 0 Å². The van der Waals surface area contributed by atoms with E-state index in [2.05, 4.69) is 11.4 Å². The molecule has 0 aliphatic rings. The molecule has 27 heavy (non-hydrogen) atoms. The molecular weight excluding hydrogens is 360 g/mol. The summed E-state index contributed by atoms with van der Waals surface area (Å²) >= 11 is 1.35. The Morgan fingerprint density at radius 3 is 2.70 bits per heavy atom. The zero-order valence-electron chi connectivity index (χ0n) is 14.3. The van der Waals surface area contributed by atoms with Crippen molar-refractivity contribution in [3.63, 3.8) is 0 Å². The highest BCUT2D eigenvalue weighted by molar-refractivity contribution is 7.99. The molecule has 3 aromatic rings. The first-order valence-electron chi connectivity index (χ1n) is 8.21. The first-order valence-corrected chi connectivity index (χ1v) is 9.20. The van der Waals surface area contributed by atoms with Gasteiger partial charge in [0.25, 0.3) is 5.91 Å². The van der Waals surface area contributed by atoms with Crippen LogP contribution in [0.25, 0.3) is 10.8 Å². The molecule has 0 heterocycles. The fourth-order valence-corrected chi connectivity index (χ4v) is 3.33. The molecule has 0 aliphatic heterocycles. The van der Waals surface area contributed by atoms with Gasteiger partial charge in [0.1, 0.15) is 5.75 Å². The third kappa shape index (κ3) is 4.46. The fraction of sp³-hybridized carbons (Fsp3) is 0.0952. The van der Waals surface area contributed by atoms with Gasteiger partial charge in [0, 0.05) is 4.90 Å². The lowest BCUT2D eigenvalue weighted by molar-refractivity contribution is -0.118. The molecule has 0 radical (unpaired) electrons. The van der Waals surface area contributed by atoms with E-state index in [1.807, 2.05) is 42.5 Å². The number of nitrogens with zero attached hydrogens (tertiary/aromatic N) is 1. The zero-order valence-corrected chi connectivity index (χ0v) is 15.2. The second-order valence-electron chi connectivity index (χ2n) is 5.60. The van der Waals surface area contributed by atoms with Crippen molar-refractivity contribution < 1.29 is 14.3 Å². The van der Waals surface area contributed by atoms with Crippen LogP contribution in [-0.2, 0) is 4.79 Å². The minimum atomic E-state index is -0.343. The molecule has 0 saturated carbocycles. The second kappa shape index (κ2) is 8.88. The number of fused-ring (bicyclic) bond motifs is 1. The molecule has 0 fully saturated rings. The first kappa shape index (κ1) is 18.5. The van der Waals surface area contributed by atoms with E-state index in [0.717, 1.165) is 22.0 Å². The van der Waals surface area contributed by atoms with E-state index in [4.69, 9.17) is 10.00 Å². The van der Waals surface area contributed by atoms with Crippen molar-refractivity contribution in [1.82, 2.24) is 0 Å². The van der Waals surface area contributed by atoms with Crippen LogP contribution in [0.3, 0.4) is 0 Å². The molecule has 1 N–H and O–H groups in total. The van der Waals surface area contributed by atoms with Crippen LogP contribution in [-0.4, -0.2) is 24.6 Å². The highest BCUT2D eigenvalue weighted by Gasteiger charge is 2.11. The second-order valence-corrected chi connectivity index (χ2v) is 6.61. The summed E-state index contributed by atoms with van der Waals surface area (Å²) in [6.07, 6.45) is 0.739. The number of hydrogen-bond acceptors (Lipinski definition) is 5. The van der Waals surface area contributed by atoms with Crippen LogP contribution >= 0.6 is 11.8 Å². The monoisotopic (exact) mass is 376 g/mol. The van der Waals surface area contributed by atoms with Crippen LogP contribution in [0.4, 0.5) is 5.69 Å². The van der Waals surface area contributed by atoms with Gasteiger partial charge in [-0.1, -0.05) is 42.5 Å². The van der Waals surface area contributed by atoms with Gasteiger partial charge in [-0.3, -0.25) is 9.59 Å². The van der Waals surface area contributed by atoms with Crippen molar-refractivity contribution in [2.75, 3.05) is 17.7 Å². The molecule has 0 unspecified atom stereocenters. The summed E-state index contributed by atoms with van der Waals surface area (Å²) < 4.78 is 5.59. The number of amides is 1. The summed E-state index contributed by atoms with van der Waals surface area (Å²) in [6, 6.07) is 20.4. The van der Waals surface area contributed by atoms with Gasteiger partial charge in [0.05, 0.1) is 23.1 Å². The lowest BCUT2D eigenvalue weighted by Gasteiger charge is -2.12. The molecule has 0 saturated heterocycles. The number of para-hydroxylation sites is 1. The number of anilines is 1. The summed E-state index contributed by atoms with van der Waals surface area (Å²) in [5.41, 5.74) is 1.05. The highest BCUT2D eigenvalue weighted by atomic mass is 32.2. The molecule has 3 rings (SSSR count). The SMILES string of the molecule is N#CCSc1ccccc1NC(=O)COc1ccc2ccccc2c1C=O. The number of carbonyl (C=O) groups is 2. The molecule has 1 amide bonds. The predicted octanol–water partition coefficient (Wildman–Crippen LogP) is 4.29. The number of hydrogen-bond donors (Lipinski definition) is 1. The van der Waals surface area contributed by atoms with E-state index in [9.17, 15) is 9.59 Å². The molecule has 0 bridgehead atoms. The van der Waals surface area contributed by atoms with Gasteiger partial charge >= 0.3 is 0 Å². The first-order chi connectivity index (χ1) is 13.2. The summed E-state index contributed by atoms with van der Waals surface area (Å²) in [6.45, 7) is -0.226. The van der Waals surface area contributed by atoms with Crippen LogP contribution in [0.15, 0.2) is 65.6 Å². The fourth-order valence-electron chi connectivity index (χ4n) is 2.66. The molecule has 5 nitrogen and oxygen atoms in total. The largest absolute Gasteiger partial charge is 0.483 e. The van der Waals surface area contributed by atoms with Crippen LogP contribution in [0.5, 0.6) is 5.75 Å². The Bertz CT molecular complexity index is 1030. The topological polar surface area (TPSA) is 79.2 Å². The Hall–Kier alpha value is -3.30. The van der Waals surface area contributed by atoms with E-state index in [1.54, 1.807) is 18.2 Å². The van der Waals surface area contributed by atoms with Gasteiger partial charge in [-0.15, -0.1) is 11.8 Å². The highest BCUT2D eigenvalue weighted by Crippen LogP contribution is 2.28. The predicted molar refractivity (Wildman–Crippen MR) is 106 cm³/mol. The van der Waals surface area contributed by atoms with Gasteiger partial charge in [-0.2, -0.15) is 5.26 Å². The molecular formula is C21H16N2O3S. The number of rotatable bonds is 7. The van der Waals surface area contributed by atoms with Crippen LogP contribution in [0.2, 0.25) is 0 Å². The Kier molecular flexibility index (Phi) is 6.08. The molecule has 3 aromatic carbocycles. The van der Waals surface area contributed by atoms with E-state index in [0.29, 0.717) is 22.8 Å².